The summed E-state index contributed by atoms with van der Waals surface area (Å²) < 4.78 is 4.72. The highest BCUT2D eigenvalue weighted by atomic mass is 16.6. The second-order valence-corrected chi connectivity index (χ2v) is 3.35. The monoisotopic (exact) mass is 252 g/mol. The number of nitrogens with zero attached hydrogens (tertiary/aromatic N) is 2. The quantitative estimate of drug-likeness (QED) is 0.382. The summed E-state index contributed by atoms with van der Waals surface area (Å²) in [5, 5.41) is 20.0. The number of non-ortho nitro benzene ring substituents is 1. The lowest BCUT2D eigenvalue weighted by atomic mass is 10.2. The number of hydrogen-bond donors (Lipinski definition) is 1. The Morgan fingerprint density at radius 2 is 2.22 bits per heavy atom. The molecule has 0 fully saturated rings. The van der Waals surface area contributed by atoms with Crippen molar-refractivity contribution >= 4 is 23.1 Å². The van der Waals surface area contributed by atoms with Gasteiger partial charge < -0.3 is 9.84 Å². The molecule has 0 unspecified atom stereocenters. The molecule has 0 spiro atoms. The molecule has 0 aliphatic rings. The van der Waals surface area contributed by atoms with Crippen molar-refractivity contribution in [2.24, 2.45) is 4.99 Å². The number of carbonyl (C=O) groups is 1. The van der Waals surface area contributed by atoms with Gasteiger partial charge in [-0.3, -0.25) is 10.1 Å². The van der Waals surface area contributed by atoms with Crippen molar-refractivity contribution in [2.45, 2.75) is 13.8 Å². The van der Waals surface area contributed by atoms with Crippen molar-refractivity contribution < 1.29 is 19.6 Å². The number of rotatable bonds is 4. The molecule has 0 atom stereocenters. The molecule has 1 aromatic carbocycles. The van der Waals surface area contributed by atoms with E-state index in [0.717, 1.165) is 6.07 Å². The predicted molar refractivity (Wildman–Crippen MR) is 64.2 cm³/mol. The van der Waals surface area contributed by atoms with E-state index in [4.69, 9.17) is 4.74 Å². The van der Waals surface area contributed by atoms with Gasteiger partial charge in [-0.05, 0) is 19.9 Å². The number of phenolic OH excluding ortho intramolecular Hbond substituents is 1. The second kappa shape index (κ2) is 5.76. The topological polar surface area (TPSA) is 102 Å². The lowest BCUT2D eigenvalue weighted by Crippen LogP contribution is -2.13. The summed E-state index contributed by atoms with van der Waals surface area (Å²) in [7, 11) is 0. The van der Waals surface area contributed by atoms with Crippen LogP contribution >= 0.6 is 0 Å². The Morgan fingerprint density at radius 1 is 1.56 bits per heavy atom. The van der Waals surface area contributed by atoms with E-state index in [1.807, 2.05) is 0 Å². The summed E-state index contributed by atoms with van der Waals surface area (Å²) in [6, 6.07) is 3.42. The van der Waals surface area contributed by atoms with E-state index in [-0.39, 0.29) is 29.4 Å². The van der Waals surface area contributed by atoms with Crippen molar-refractivity contribution in [1.29, 1.82) is 0 Å². The number of benzene rings is 1. The Morgan fingerprint density at radius 3 is 2.72 bits per heavy atom. The SMILES string of the molecule is CCOC(=O)C(C)=Nc1ccc([N+](=O)[O-])cc1O. The Bertz CT molecular complexity index is 510. The number of hydrogen-bond acceptors (Lipinski definition) is 6. The molecule has 1 rings (SSSR count). The van der Waals surface area contributed by atoms with E-state index < -0.39 is 10.9 Å². The maximum absolute atomic E-state index is 11.3. The van der Waals surface area contributed by atoms with Crippen LogP contribution in [0.3, 0.4) is 0 Å². The summed E-state index contributed by atoms with van der Waals surface area (Å²) in [6.45, 7) is 3.31. The van der Waals surface area contributed by atoms with Crippen molar-refractivity contribution in [1.82, 2.24) is 0 Å². The average Bonchev–Trinajstić information content (AvgIpc) is 2.31. The summed E-state index contributed by atoms with van der Waals surface area (Å²) >= 11 is 0. The lowest BCUT2D eigenvalue weighted by molar-refractivity contribution is -0.384. The first-order chi connectivity index (χ1) is 8.45. The molecule has 0 saturated carbocycles. The van der Waals surface area contributed by atoms with Crippen molar-refractivity contribution in [2.75, 3.05) is 6.61 Å². The van der Waals surface area contributed by atoms with Crippen LogP contribution in [0.25, 0.3) is 0 Å². The summed E-state index contributed by atoms with van der Waals surface area (Å²) in [4.78, 5) is 25.0. The molecule has 18 heavy (non-hydrogen) atoms. The zero-order valence-electron chi connectivity index (χ0n) is 9.91. The second-order valence-electron chi connectivity index (χ2n) is 3.35. The molecule has 0 aliphatic carbocycles. The molecule has 0 radical (unpaired) electrons. The van der Waals surface area contributed by atoms with Crippen LogP contribution in [-0.4, -0.2) is 28.3 Å². The molecule has 0 saturated heterocycles. The number of aliphatic imine (C=N–C) groups is 1. The highest BCUT2D eigenvalue weighted by Crippen LogP contribution is 2.30. The maximum atomic E-state index is 11.3. The van der Waals surface area contributed by atoms with Gasteiger partial charge in [-0.2, -0.15) is 0 Å². The molecule has 0 aromatic heterocycles. The van der Waals surface area contributed by atoms with Crippen LogP contribution in [-0.2, 0) is 9.53 Å². The van der Waals surface area contributed by atoms with Crippen molar-refractivity contribution in [3.05, 3.63) is 28.3 Å². The smallest absolute Gasteiger partial charge is 0.352 e. The van der Waals surface area contributed by atoms with Gasteiger partial charge >= 0.3 is 5.97 Å². The number of phenols is 1. The van der Waals surface area contributed by atoms with E-state index in [0.29, 0.717) is 0 Å². The fourth-order valence-electron chi connectivity index (χ4n) is 1.18. The number of nitro benzene ring substituents is 1. The fourth-order valence-corrected chi connectivity index (χ4v) is 1.18. The zero-order chi connectivity index (χ0) is 13.7. The Hall–Kier alpha value is -2.44. The van der Waals surface area contributed by atoms with Crippen LogP contribution in [0.2, 0.25) is 0 Å². The van der Waals surface area contributed by atoms with E-state index in [1.165, 1.54) is 19.1 Å². The average molecular weight is 252 g/mol. The molecule has 0 aliphatic heterocycles. The lowest BCUT2D eigenvalue weighted by Gasteiger charge is -2.02. The number of ether oxygens (including phenoxy) is 1. The molecule has 96 valence electrons. The van der Waals surface area contributed by atoms with Gasteiger partial charge in [0, 0.05) is 6.07 Å². The van der Waals surface area contributed by atoms with Gasteiger partial charge in [0.1, 0.15) is 17.1 Å². The standard InChI is InChI=1S/C11H12N2O5/c1-3-18-11(15)7(2)12-9-5-4-8(13(16)17)6-10(9)14/h4-6,14H,3H2,1-2H3. The molecule has 1 N–H and O–H groups in total. The number of esters is 1. The normalized spacial score (nSPS) is 11.1. The summed E-state index contributed by atoms with van der Waals surface area (Å²) in [6.07, 6.45) is 0. The Balaban J connectivity index is 3.01. The molecule has 0 bridgehead atoms. The van der Waals surface area contributed by atoms with E-state index in [2.05, 4.69) is 4.99 Å². The molecular weight excluding hydrogens is 240 g/mol. The first-order valence-electron chi connectivity index (χ1n) is 5.15. The van der Waals surface area contributed by atoms with Crippen LogP contribution in [0.15, 0.2) is 23.2 Å². The highest BCUT2D eigenvalue weighted by molar-refractivity contribution is 6.36. The maximum Gasteiger partial charge on any atom is 0.352 e. The number of aromatic hydroxyl groups is 1. The van der Waals surface area contributed by atoms with Crippen LogP contribution < -0.4 is 0 Å². The molecular formula is C11H12N2O5. The predicted octanol–water partition coefficient (Wildman–Crippen LogP) is 1.96. The van der Waals surface area contributed by atoms with Crippen LogP contribution in [0.1, 0.15) is 13.8 Å². The molecule has 7 heteroatoms. The van der Waals surface area contributed by atoms with Crippen LogP contribution in [0.5, 0.6) is 5.75 Å². The Kier molecular flexibility index (Phi) is 4.36. The summed E-state index contributed by atoms with van der Waals surface area (Å²) in [5.41, 5.74) is -0.118. The minimum absolute atomic E-state index is 0.0565. The highest BCUT2D eigenvalue weighted by Gasteiger charge is 2.12. The van der Waals surface area contributed by atoms with Gasteiger partial charge in [-0.25, -0.2) is 9.79 Å². The first-order valence-corrected chi connectivity index (χ1v) is 5.15. The van der Waals surface area contributed by atoms with Gasteiger partial charge in [0.2, 0.25) is 0 Å². The summed E-state index contributed by atoms with van der Waals surface area (Å²) in [5.74, 6) is -0.969. The third kappa shape index (κ3) is 3.27. The van der Waals surface area contributed by atoms with Gasteiger partial charge in [0.05, 0.1) is 17.6 Å². The van der Waals surface area contributed by atoms with Crippen LogP contribution in [0, 0.1) is 10.1 Å². The molecule has 0 heterocycles. The molecule has 1 aromatic rings. The third-order valence-electron chi connectivity index (χ3n) is 2.03. The minimum Gasteiger partial charge on any atom is -0.505 e. The van der Waals surface area contributed by atoms with Gasteiger partial charge in [0.15, 0.2) is 0 Å². The third-order valence-corrected chi connectivity index (χ3v) is 2.03. The number of carbonyl (C=O) groups excluding carboxylic acids is 1. The van der Waals surface area contributed by atoms with E-state index in [1.54, 1.807) is 6.92 Å². The molecule has 0 amide bonds. The van der Waals surface area contributed by atoms with E-state index >= 15 is 0 Å². The van der Waals surface area contributed by atoms with Gasteiger partial charge in [-0.1, -0.05) is 0 Å². The largest absolute Gasteiger partial charge is 0.505 e. The van der Waals surface area contributed by atoms with Gasteiger partial charge in [-0.15, -0.1) is 0 Å². The molecule has 7 nitrogen and oxygen atoms in total. The van der Waals surface area contributed by atoms with Crippen molar-refractivity contribution in [3.8, 4) is 5.75 Å². The fraction of sp³-hybridized carbons (Fsp3) is 0.273. The van der Waals surface area contributed by atoms with Gasteiger partial charge in [0.25, 0.3) is 5.69 Å². The van der Waals surface area contributed by atoms with E-state index in [9.17, 15) is 20.0 Å². The van der Waals surface area contributed by atoms with Crippen molar-refractivity contribution in [3.63, 3.8) is 0 Å². The Labute approximate surface area is 103 Å². The minimum atomic E-state index is -0.634. The zero-order valence-corrected chi connectivity index (χ0v) is 9.91. The number of nitro groups is 1. The first kappa shape index (κ1) is 13.6. The van der Waals surface area contributed by atoms with Crippen LogP contribution in [0.4, 0.5) is 11.4 Å².